The van der Waals surface area contributed by atoms with Gasteiger partial charge in [-0.25, -0.2) is 0 Å². The van der Waals surface area contributed by atoms with Crippen molar-refractivity contribution < 1.29 is 5.11 Å². The molecule has 1 atom stereocenters. The summed E-state index contributed by atoms with van der Waals surface area (Å²) in [5, 5.41) is 14.1. The molecule has 0 radical (unpaired) electrons. The average Bonchev–Trinajstić information content (AvgIpc) is 2.74. The molecule has 0 spiro atoms. The fourth-order valence-electron chi connectivity index (χ4n) is 1.51. The molecule has 1 N–H and O–H groups in total. The van der Waals surface area contributed by atoms with Crippen LogP contribution in [0.4, 0.5) is 0 Å². The molecular weight excluding hydrogens is 316 g/mol. The molecule has 0 bridgehead atoms. The van der Waals surface area contributed by atoms with Gasteiger partial charge in [0.15, 0.2) is 0 Å². The Morgan fingerprint density at radius 3 is 2.76 bits per heavy atom. The van der Waals surface area contributed by atoms with Crippen molar-refractivity contribution in [2.75, 3.05) is 5.75 Å². The summed E-state index contributed by atoms with van der Waals surface area (Å²) >= 11 is 6.75. The third kappa shape index (κ3) is 3.35. The van der Waals surface area contributed by atoms with E-state index in [1.807, 2.05) is 22.9 Å². The zero-order chi connectivity index (χ0) is 12.3. The number of hydrogen-bond donors (Lipinski definition) is 1. The molecule has 1 nitrogen and oxygen atoms in total. The van der Waals surface area contributed by atoms with Gasteiger partial charge in [0.05, 0.1) is 6.10 Å². The van der Waals surface area contributed by atoms with Crippen LogP contribution in [0, 0.1) is 6.92 Å². The van der Waals surface area contributed by atoms with Crippen LogP contribution in [0.15, 0.2) is 44.4 Å². The Morgan fingerprint density at radius 1 is 1.35 bits per heavy atom. The number of halogens is 1. The zero-order valence-electron chi connectivity index (χ0n) is 9.39. The Labute approximate surface area is 118 Å². The molecule has 1 unspecified atom stereocenters. The van der Waals surface area contributed by atoms with Gasteiger partial charge in [0, 0.05) is 26.1 Å². The molecule has 1 aromatic carbocycles. The van der Waals surface area contributed by atoms with Crippen LogP contribution < -0.4 is 0 Å². The number of aliphatic hydroxyl groups excluding tert-OH is 1. The quantitative estimate of drug-likeness (QED) is 0.824. The van der Waals surface area contributed by atoms with Gasteiger partial charge < -0.3 is 5.11 Å². The van der Waals surface area contributed by atoms with E-state index < -0.39 is 6.10 Å². The minimum Gasteiger partial charge on any atom is -0.387 e. The Balaban J connectivity index is 2.00. The summed E-state index contributed by atoms with van der Waals surface area (Å²) in [6.07, 6.45) is -0.416. The minimum atomic E-state index is -0.416. The first-order chi connectivity index (χ1) is 8.18. The lowest BCUT2D eigenvalue weighted by atomic mass is 10.2. The van der Waals surface area contributed by atoms with Gasteiger partial charge in [-0.1, -0.05) is 18.2 Å². The monoisotopic (exact) mass is 328 g/mol. The van der Waals surface area contributed by atoms with Crippen molar-refractivity contribution in [1.29, 1.82) is 0 Å². The molecule has 0 aliphatic rings. The summed E-state index contributed by atoms with van der Waals surface area (Å²) < 4.78 is 1.00. The van der Waals surface area contributed by atoms with Crippen molar-refractivity contribution in [1.82, 2.24) is 0 Å². The first-order valence-electron chi connectivity index (χ1n) is 5.26. The smallest absolute Gasteiger partial charge is 0.0902 e. The van der Waals surface area contributed by atoms with Gasteiger partial charge >= 0.3 is 0 Å². The zero-order valence-corrected chi connectivity index (χ0v) is 12.6. The molecule has 0 aliphatic heterocycles. The van der Waals surface area contributed by atoms with E-state index in [-0.39, 0.29) is 0 Å². The predicted molar refractivity (Wildman–Crippen MR) is 78.9 cm³/mol. The summed E-state index contributed by atoms with van der Waals surface area (Å²) in [5.74, 6) is 0.681. The van der Waals surface area contributed by atoms with Crippen LogP contribution in [0.25, 0.3) is 0 Å². The van der Waals surface area contributed by atoms with Crippen LogP contribution in [-0.2, 0) is 0 Å². The van der Waals surface area contributed by atoms with E-state index >= 15 is 0 Å². The molecule has 17 heavy (non-hydrogen) atoms. The largest absolute Gasteiger partial charge is 0.387 e. The first-order valence-corrected chi connectivity index (χ1v) is 7.98. The normalized spacial score (nSPS) is 12.6. The van der Waals surface area contributed by atoms with Crippen LogP contribution in [0.3, 0.4) is 0 Å². The van der Waals surface area contributed by atoms with Crippen molar-refractivity contribution in [2.45, 2.75) is 17.9 Å². The number of aliphatic hydroxyl groups is 1. The Morgan fingerprint density at radius 2 is 2.12 bits per heavy atom. The lowest BCUT2D eigenvalue weighted by Crippen LogP contribution is -1.99. The van der Waals surface area contributed by atoms with E-state index in [0.717, 1.165) is 10.0 Å². The highest BCUT2D eigenvalue weighted by Gasteiger charge is 2.12. The lowest BCUT2D eigenvalue weighted by Gasteiger charge is -2.10. The fourth-order valence-corrected chi connectivity index (χ4v) is 4.10. The SMILES string of the molecule is Cc1ccccc1SCC(O)c1cscc1Br. The van der Waals surface area contributed by atoms with Crippen LogP contribution in [-0.4, -0.2) is 10.9 Å². The third-order valence-electron chi connectivity index (χ3n) is 2.49. The predicted octanol–water partition coefficient (Wildman–Crippen LogP) is 4.64. The van der Waals surface area contributed by atoms with Crippen LogP contribution in [0.2, 0.25) is 0 Å². The Hall–Kier alpha value is -0.290. The molecule has 2 aromatic rings. The van der Waals surface area contributed by atoms with Gasteiger partial charge in [-0.2, -0.15) is 11.3 Å². The molecule has 1 aromatic heterocycles. The standard InChI is InChI=1S/C13H13BrOS2/c1-9-4-2-3-5-13(9)17-8-12(15)10-6-16-7-11(10)14/h2-7,12,15H,8H2,1H3. The topological polar surface area (TPSA) is 20.2 Å². The molecule has 1 heterocycles. The highest BCUT2D eigenvalue weighted by Crippen LogP contribution is 2.32. The molecule has 0 amide bonds. The highest BCUT2D eigenvalue weighted by molar-refractivity contribution is 9.10. The summed E-state index contributed by atoms with van der Waals surface area (Å²) in [6, 6.07) is 8.25. The van der Waals surface area contributed by atoms with Crippen molar-refractivity contribution in [3.63, 3.8) is 0 Å². The average molecular weight is 329 g/mol. The first kappa shape index (κ1) is 13.1. The Bertz CT molecular complexity index is 496. The summed E-state index contributed by atoms with van der Waals surface area (Å²) in [6.45, 7) is 2.09. The maximum atomic E-state index is 10.1. The second-order valence-corrected chi connectivity index (χ2v) is 6.43. The number of hydrogen-bond acceptors (Lipinski definition) is 3. The van der Waals surface area contributed by atoms with E-state index in [1.165, 1.54) is 10.5 Å². The molecule has 0 aliphatic carbocycles. The van der Waals surface area contributed by atoms with Crippen molar-refractivity contribution in [2.24, 2.45) is 0 Å². The molecule has 0 fully saturated rings. The number of rotatable bonds is 4. The second kappa shape index (κ2) is 6.05. The number of benzene rings is 1. The van der Waals surface area contributed by atoms with Gasteiger partial charge in [-0.15, -0.1) is 11.8 Å². The lowest BCUT2D eigenvalue weighted by molar-refractivity contribution is 0.204. The van der Waals surface area contributed by atoms with Crippen LogP contribution >= 0.6 is 39.0 Å². The van der Waals surface area contributed by atoms with Crippen molar-refractivity contribution in [3.8, 4) is 0 Å². The van der Waals surface area contributed by atoms with Gasteiger partial charge in [0.25, 0.3) is 0 Å². The van der Waals surface area contributed by atoms with E-state index in [2.05, 4.69) is 35.0 Å². The van der Waals surface area contributed by atoms with Gasteiger partial charge in [0.1, 0.15) is 0 Å². The summed E-state index contributed by atoms with van der Waals surface area (Å²) in [4.78, 5) is 1.23. The highest BCUT2D eigenvalue weighted by atomic mass is 79.9. The van der Waals surface area contributed by atoms with E-state index in [9.17, 15) is 5.11 Å². The molecule has 0 saturated heterocycles. The van der Waals surface area contributed by atoms with E-state index in [1.54, 1.807) is 23.1 Å². The molecule has 4 heteroatoms. The molecule has 0 saturated carbocycles. The molecule has 2 rings (SSSR count). The van der Waals surface area contributed by atoms with Gasteiger partial charge in [-0.05, 0) is 39.9 Å². The van der Waals surface area contributed by atoms with Crippen LogP contribution in [0.5, 0.6) is 0 Å². The van der Waals surface area contributed by atoms with Gasteiger partial charge in [0.2, 0.25) is 0 Å². The van der Waals surface area contributed by atoms with Crippen LogP contribution in [0.1, 0.15) is 17.2 Å². The Kier molecular flexibility index (Phi) is 4.68. The second-order valence-electron chi connectivity index (χ2n) is 3.77. The van der Waals surface area contributed by atoms with Crippen molar-refractivity contribution in [3.05, 3.63) is 50.6 Å². The number of thiophene rings is 1. The third-order valence-corrected chi connectivity index (χ3v) is 5.49. The minimum absolute atomic E-state index is 0.416. The maximum absolute atomic E-state index is 10.1. The van der Waals surface area contributed by atoms with Crippen molar-refractivity contribution >= 4 is 39.0 Å². The molecule has 90 valence electrons. The summed E-state index contributed by atoms with van der Waals surface area (Å²) in [5.41, 5.74) is 2.24. The molecular formula is C13H13BrOS2. The van der Waals surface area contributed by atoms with Gasteiger partial charge in [-0.3, -0.25) is 0 Å². The van der Waals surface area contributed by atoms with E-state index in [4.69, 9.17) is 0 Å². The number of thioether (sulfide) groups is 1. The fraction of sp³-hybridized carbons (Fsp3) is 0.231. The van der Waals surface area contributed by atoms with E-state index in [0.29, 0.717) is 5.75 Å². The number of aryl methyl sites for hydroxylation is 1. The maximum Gasteiger partial charge on any atom is 0.0902 e. The summed E-state index contributed by atoms with van der Waals surface area (Å²) in [7, 11) is 0.